The number of hydrogen-bond donors (Lipinski definition) is 1. The van der Waals surface area contributed by atoms with Gasteiger partial charge >= 0.3 is 0 Å². The Morgan fingerprint density at radius 1 is 1.41 bits per heavy atom. The van der Waals surface area contributed by atoms with Crippen molar-refractivity contribution < 1.29 is 9.90 Å². The van der Waals surface area contributed by atoms with Gasteiger partial charge < -0.3 is 10.0 Å². The van der Waals surface area contributed by atoms with Crippen molar-refractivity contribution in [2.45, 2.75) is 29.9 Å². The fourth-order valence-electron chi connectivity index (χ4n) is 1.99. The third-order valence-corrected chi connectivity index (χ3v) is 4.30. The van der Waals surface area contributed by atoms with E-state index in [1.165, 1.54) is 0 Å². The smallest absolute Gasteiger partial charge is 0.240 e. The molecule has 1 N–H and O–H groups in total. The Hall–Kier alpha value is -1.00. The Labute approximate surface area is 106 Å². The predicted molar refractivity (Wildman–Crippen MR) is 70.4 cm³/mol. The lowest BCUT2D eigenvalue weighted by Crippen LogP contribution is -2.41. The lowest BCUT2D eigenvalue weighted by atomic mass is 10.2. The molecule has 0 aromatic heterocycles. The van der Waals surface area contributed by atoms with Crippen molar-refractivity contribution in [3.63, 3.8) is 0 Å². The van der Waals surface area contributed by atoms with Crippen molar-refractivity contribution >= 4 is 23.4 Å². The number of rotatable bonds is 4. The van der Waals surface area contributed by atoms with Gasteiger partial charge in [-0.15, -0.1) is 11.8 Å². The molecule has 3 nitrogen and oxygen atoms in total. The summed E-state index contributed by atoms with van der Waals surface area (Å²) < 4.78 is 0. The number of carbonyl (C=O) groups excluding carboxylic acids is 1. The van der Waals surface area contributed by atoms with Crippen LogP contribution in [0.1, 0.15) is 19.8 Å². The lowest BCUT2D eigenvalue weighted by Gasteiger charge is -2.33. The topological polar surface area (TPSA) is 40.5 Å². The number of amides is 1. The van der Waals surface area contributed by atoms with Crippen LogP contribution in [0.15, 0.2) is 29.2 Å². The number of anilines is 1. The summed E-state index contributed by atoms with van der Waals surface area (Å²) >= 11 is 1.65. The summed E-state index contributed by atoms with van der Waals surface area (Å²) in [5, 5.41) is 8.93. The molecule has 1 aliphatic rings. The van der Waals surface area contributed by atoms with Crippen LogP contribution in [0.25, 0.3) is 0 Å². The number of carbonyl (C=O) groups is 1. The molecule has 1 aromatic rings. The molecule has 0 saturated heterocycles. The van der Waals surface area contributed by atoms with Gasteiger partial charge in [0, 0.05) is 18.0 Å². The fourth-order valence-corrected chi connectivity index (χ4v) is 3.15. The Morgan fingerprint density at radius 3 is 2.88 bits per heavy atom. The number of benzene rings is 1. The van der Waals surface area contributed by atoms with Crippen molar-refractivity contribution in [3.8, 4) is 0 Å². The number of thioether (sulfide) groups is 1. The molecule has 1 aromatic carbocycles. The van der Waals surface area contributed by atoms with Crippen molar-refractivity contribution in [1.82, 2.24) is 0 Å². The van der Waals surface area contributed by atoms with Crippen molar-refractivity contribution in [3.05, 3.63) is 24.3 Å². The fraction of sp³-hybridized carbons (Fsp3) is 0.462. The first-order valence-electron chi connectivity index (χ1n) is 5.96. The van der Waals surface area contributed by atoms with Crippen LogP contribution in [-0.4, -0.2) is 29.4 Å². The first-order chi connectivity index (χ1) is 8.27. The van der Waals surface area contributed by atoms with E-state index in [1.54, 1.807) is 11.8 Å². The number of nitrogens with zero attached hydrogens (tertiary/aromatic N) is 1. The summed E-state index contributed by atoms with van der Waals surface area (Å²) in [6, 6.07) is 7.98. The van der Waals surface area contributed by atoms with Gasteiger partial charge in [0.15, 0.2) is 0 Å². The number of aliphatic hydroxyl groups excluding tert-OH is 1. The van der Waals surface area contributed by atoms with Gasteiger partial charge in [-0.2, -0.15) is 0 Å². The van der Waals surface area contributed by atoms with E-state index in [0.29, 0.717) is 13.0 Å². The van der Waals surface area contributed by atoms with E-state index in [-0.39, 0.29) is 17.8 Å². The highest BCUT2D eigenvalue weighted by molar-refractivity contribution is 8.01. The molecular weight excluding hydrogens is 234 g/mol. The summed E-state index contributed by atoms with van der Waals surface area (Å²) in [6.45, 7) is 2.76. The Balaban J connectivity index is 2.30. The number of fused-ring (bicyclic) bond motifs is 1. The molecular formula is C13H17NO2S. The summed E-state index contributed by atoms with van der Waals surface area (Å²) in [5.74, 6) is 0.171. The molecule has 1 aliphatic heterocycles. The largest absolute Gasteiger partial charge is 0.396 e. The molecule has 17 heavy (non-hydrogen) atoms. The molecule has 0 bridgehead atoms. The quantitative estimate of drug-likeness (QED) is 0.892. The third-order valence-electron chi connectivity index (χ3n) is 2.88. The van der Waals surface area contributed by atoms with Gasteiger partial charge in [-0.25, -0.2) is 0 Å². The summed E-state index contributed by atoms with van der Waals surface area (Å²) in [5.41, 5.74) is 0.987. The molecule has 2 rings (SSSR count). The molecule has 0 spiro atoms. The van der Waals surface area contributed by atoms with Crippen LogP contribution in [-0.2, 0) is 4.79 Å². The van der Waals surface area contributed by atoms with E-state index in [4.69, 9.17) is 5.11 Å². The average Bonchev–Trinajstić information content (AvgIpc) is 2.37. The second-order valence-corrected chi connectivity index (χ2v) is 5.29. The molecule has 1 unspecified atom stereocenters. The minimum atomic E-state index is 0.0172. The molecule has 1 amide bonds. The van der Waals surface area contributed by atoms with E-state index in [0.717, 1.165) is 17.0 Å². The molecule has 0 aliphatic carbocycles. The zero-order chi connectivity index (χ0) is 12.3. The zero-order valence-electron chi connectivity index (χ0n) is 9.93. The first-order valence-corrected chi connectivity index (χ1v) is 6.83. The van der Waals surface area contributed by atoms with Gasteiger partial charge in [0.1, 0.15) is 0 Å². The minimum absolute atomic E-state index is 0.0172. The maximum atomic E-state index is 12.2. The Bertz CT molecular complexity index is 408. The van der Waals surface area contributed by atoms with Crippen LogP contribution in [0.3, 0.4) is 0 Å². The van der Waals surface area contributed by atoms with E-state index in [9.17, 15) is 4.79 Å². The highest BCUT2D eigenvalue weighted by Gasteiger charge is 2.31. The van der Waals surface area contributed by atoms with E-state index >= 15 is 0 Å². The normalized spacial score (nSPS) is 19.3. The minimum Gasteiger partial charge on any atom is -0.396 e. The zero-order valence-corrected chi connectivity index (χ0v) is 10.7. The number of aliphatic hydroxyl groups is 1. The second kappa shape index (κ2) is 5.56. The highest BCUT2D eigenvalue weighted by atomic mass is 32.2. The summed E-state index contributed by atoms with van der Waals surface area (Å²) in [7, 11) is 0. The van der Waals surface area contributed by atoms with Gasteiger partial charge in [0.05, 0.1) is 10.9 Å². The molecule has 0 fully saturated rings. The van der Waals surface area contributed by atoms with E-state index in [2.05, 4.69) is 6.07 Å². The Kier molecular flexibility index (Phi) is 4.07. The standard InChI is InChI=1S/C13H17NO2S/c1-2-11-13(16)14(8-5-9-15)10-6-3-4-7-12(10)17-11/h3-4,6-7,11,15H,2,5,8-9H2,1H3. The highest BCUT2D eigenvalue weighted by Crippen LogP contribution is 2.39. The molecule has 1 heterocycles. The SMILES string of the molecule is CCC1Sc2ccccc2N(CCCO)C1=O. The van der Waals surface area contributed by atoms with Crippen molar-refractivity contribution in [2.75, 3.05) is 18.1 Å². The maximum Gasteiger partial charge on any atom is 0.240 e. The van der Waals surface area contributed by atoms with Crippen LogP contribution in [0, 0.1) is 0 Å². The molecule has 92 valence electrons. The van der Waals surface area contributed by atoms with Crippen LogP contribution in [0.4, 0.5) is 5.69 Å². The molecule has 0 radical (unpaired) electrons. The molecule has 1 atom stereocenters. The van der Waals surface area contributed by atoms with Gasteiger partial charge in [0.2, 0.25) is 5.91 Å². The van der Waals surface area contributed by atoms with Gasteiger partial charge in [-0.1, -0.05) is 19.1 Å². The van der Waals surface area contributed by atoms with Gasteiger partial charge in [-0.3, -0.25) is 4.79 Å². The first kappa shape index (κ1) is 12.5. The molecule has 4 heteroatoms. The summed E-state index contributed by atoms with van der Waals surface area (Å²) in [4.78, 5) is 15.2. The van der Waals surface area contributed by atoms with Crippen molar-refractivity contribution in [1.29, 1.82) is 0 Å². The lowest BCUT2D eigenvalue weighted by molar-refractivity contribution is -0.118. The van der Waals surface area contributed by atoms with Crippen LogP contribution < -0.4 is 4.90 Å². The maximum absolute atomic E-state index is 12.2. The van der Waals surface area contributed by atoms with Gasteiger partial charge in [0.25, 0.3) is 0 Å². The van der Waals surface area contributed by atoms with Crippen LogP contribution in [0.5, 0.6) is 0 Å². The Morgan fingerprint density at radius 2 is 2.18 bits per heavy atom. The van der Waals surface area contributed by atoms with E-state index in [1.807, 2.05) is 30.0 Å². The van der Waals surface area contributed by atoms with Gasteiger partial charge in [-0.05, 0) is 25.0 Å². The third kappa shape index (κ3) is 2.48. The van der Waals surface area contributed by atoms with Crippen LogP contribution in [0.2, 0.25) is 0 Å². The number of para-hydroxylation sites is 1. The van der Waals surface area contributed by atoms with E-state index < -0.39 is 0 Å². The predicted octanol–water partition coefficient (Wildman–Crippen LogP) is 2.29. The number of hydrogen-bond acceptors (Lipinski definition) is 3. The summed E-state index contributed by atoms with van der Waals surface area (Å²) in [6.07, 6.45) is 1.47. The van der Waals surface area contributed by atoms with Crippen molar-refractivity contribution in [2.24, 2.45) is 0 Å². The average molecular weight is 251 g/mol. The second-order valence-electron chi connectivity index (χ2n) is 4.05. The molecule has 0 saturated carbocycles. The van der Waals surface area contributed by atoms with Crippen LogP contribution >= 0.6 is 11.8 Å². The monoisotopic (exact) mass is 251 g/mol.